The molecule has 0 saturated carbocycles. The van der Waals surface area contributed by atoms with Crippen molar-refractivity contribution in [1.82, 2.24) is 0 Å². The number of benzene rings is 1. The van der Waals surface area contributed by atoms with Gasteiger partial charge in [-0.1, -0.05) is 38.1 Å². The summed E-state index contributed by atoms with van der Waals surface area (Å²) < 4.78 is 5.35. The molecule has 1 atom stereocenters. The molecule has 17 heavy (non-hydrogen) atoms. The van der Waals surface area contributed by atoms with Crippen LogP contribution in [-0.4, -0.2) is 11.7 Å². The van der Waals surface area contributed by atoms with Gasteiger partial charge in [0.05, 0.1) is 12.2 Å². The molecule has 96 valence electrons. The Kier molecular flexibility index (Phi) is 5.16. The summed E-state index contributed by atoms with van der Waals surface area (Å²) >= 11 is 0. The van der Waals surface area contributed by atoms with E-state index >= 15 is 0 Å². The number of hydrogen-bond acceptors (Lipinski definition) is 2. The van der Waals surface area contributed by atoms with Crippen molar-refractivity contribution in [2.45, 2.75) is 46.3 Å². The van der Waals surface area contributed by atoms with Crippen LogP contribution in [-0.2, 0) is 16.9 Å². The molecule has 1 aromatic carbocycles. The molecule has 1 unspecified atom stereocenters. The van der Waals surface area contributed by atoms with Crippen LogP contribution in [0.5, 0.6) is 0 Å². The van der Waals surface area contributed by atoms with Gasteiger partial charge in [-0.25, -0.2) is 0 Å². The average molecular weight is 236 g/mol. The van der Waals surface area contributed by atoms with E-state index in [1.807, 2.05) is 38.1 Å². The molecule has 0 aromatic heterocycles. The van der Waals surface area contributed by atoms with Gasteiger partial charge in [0.25, 0.3) is 0 Å². The van der Waals surface area contributed by atoms with Crippen LogP contribution in [0.3, 0.4) is 0 Å². The summed E-state index contributed by atoms with van der Waals surface area (Å²) in [6.07, 6.45) is 0.776. The van der Waals surface area contributed by atoms with Crippen molar-refractivity contribution < 1.29 is 9.84 Å². The molecule has 1 rings (SSSR count). The van der Waals surface area contributed by atoms with E-state index < -0.39 is 5.60 Å². The van der Waals surface area contributed by atoms with Gasteiger partial charge < -0.3 is 9.84 Å². The van der Waals surface area contributed by atoms with Gasteiger partial charge in [0.1, 0.15) is 0 Å². The maximum absolute atomic E-state index is 10.4. The van der Waals surface area contributed by atoms with Crippen LogP contribution in [0.4, 0.5) is 0 Å². The molecule has 0 saturated heterocycles. The van der Waals surface area contributed by atoms with Gasteiger partial charge >= 0.3 is 0 Å². The standard InChI is InChI=1S/C15H24O2/c1-5-17-11-13-6-8-14(9-7-13)15(4,16)10-12(2)3/h6-9,12,16H,5,10-11H2,1-4H3. The van der Waals surface area contributed by atoms with Crippen molar-refractivity contribution in [2.24, 2.45) is 5.92 Å². The van der Waals surface area contributed by atoms with E-state index in [1.165, 1.54) is 0 Å². The molecule has 0 spiro atoms. The number of ether oxygens (including phenoxy) is 1. The van der Waals surface area contributed by atoms with Crippen LogP contribution >= 0.6 is 0 Å². The molecular weight excluding hydrogens is 212 g/mol. The minimum Gasteiger partial charge on any atom is -0.385 e. The maximum Gasteiger partial charge on any atom is 0.0871 e. The zero-order chi connectivity index (χ0) is 12.9. The Labute approximate surface area is 105 Å². The van der Waals surface area contributed by atoms with Gasteiger partial charge in [-0.05, 0) is 37.3 Å². The van der Waals surface area contributed by atoms with Crippen LogP contribution in [0.15, 0.2) is 24.3 Å². The summed E-state index contributed by atoms with van der Waals surface area (Å²) in [5.74, 6) is 0.480. The normalized spacial score (nSPS) is 14.9. The second kappa shape index (κ2) is 6.18. The largest absolute Gasteiger partial charge is 0.385 e. The molecule has 1 aromatic rings. The Balaban J connectivity index is 2.72. The maximum atomic E-state index is 10.4. The van der Waals surface area contributed by atoms with E-state index in [4.69, 9.17) is 4.74 Å². The number of aliphatic hydroxyl groups is 1. The summed E-state index contributed by atoms with van der Waals surface area (Å²) in [6, 6.07) is 8.05. The lowest BCUT2D eigenvalue weighted by atomic mass is 9.87. The van der Waals surface area contributed by atoms with Gasteiger partial charge in [-0.2, -0.15) is 0 Å². The molecule has 0 heterocycles. The fourth-order valence-electron chi connectivity index (χ4n) is 2.09. The smallest absolute Gasteiger partial charge is 0.0871 e. The summed E-state index contributed by atoms with van der Waals surface area (Å²) in [6.45, 7) is 9.48. The minimum atomic E-state index is -0.738. The highest BCUT2D eigenvalue weighted by Crippen LogP contribution is 2.28. The van der Waals surface area contributed by atoms with Crippen molar-refractivity contribution in [3.8, 4) is 0 Å². The predicted octanol–water partition coefficient (Wildman–Crippen LogP) is 3.48. The molecule has 1 N–H and O–H groups in total. The molecule has 0 bridgehead atoms. The second-order valence-corrected chi connectivity index (χ2v) is 5.21. The zero-order valence-electron chi connectivity index (χ0n) is 11.4. The monoisotopic (exact) mass is 236 g/mol. The SMILES string of the molecule is CCOCc1ccc(C(C)(O)CC(C)C)cc1. The fraction of sp³-hybridized carbons (Fsp3) is 0.600. The zero-order valence-corrected chi connectivity index (χ0v) is 11.4. The minimum absolute atomic E-state index is 0.480. The first kappa shape index (κ1) is 14.2. The van der Waals surface area contributed by atoms with Gasteiger partial charge in [-0.15, -0.1) is 0 Å². The van der Waals surface area contributed by atoms with Gasteiger partial charge in [-0.3, -0.25) is 0 Å². The van der Waals surface area contributed by atoms with Crippen LogP contribution < -0.4 is 0 Å². The van der Waals surface area contributed by atoms with E-state index in [-0.39, 0.29) is 0 Å². The molecule has 0 aliphatic heterocycles. The third-order valence-corrected chi connectivity index (χ3v) is 2.85. The first-order valence-corrected chi connectivity index (χ1v) is 6.35. The molecule has 0 aliphatic carbocycles. The van der Waals surface area contributed by atoms with Crippen LogP contribution in [0.2, 0.25) is 0 Å². The first-order valence-electron chi connectivity index (χ1n) is 6.35. The van der Waals surface area contributed by atoms with Crippen LogP contribution in [0.25, 0.3) is 0 Å². The average Bonchev–Trinajstić information content (AvgIpc) is 2.25. The second-order valence-electron chi connectivity index (χ2n) is 5.21. The quantitative estimate of drug-likeness (QED) is 0.819. The highest BCUT2D eigenvalue weighted by Gasteiger charge is 2.23. The van der Waals surface area contributed by atoms with Gasteiger partial charge in [0.2, 0.25) is 0 Å². The highest BCUT2D eigenvalue weighted by atomic mass is 16.5. The Morgan fingerprint density at radius 2 is 1.82 bits per heavy atom. The molecule has 0 fully saturated rings. The molecule has 0 aliphatic rings. The predicted molar refractivity (Wildman–Crippen MR) is 70.8 cm³/mol. The van der Waals surface area contributed by atoms with Crippen LogP contribution in [0.1, 0.15) is 45.2 Å². The van der Waals surface area contributed by atoms with Crippen molar-refractivity contribution in [2.75, 3.05) is 6.61 Å². The Bertz CT molecular complexity index is 325. The summed E-state index contributed by atoms with van der Waals surface area (Å²) in [5, 5.41) is 10.4. The van der Waals surface area contributed by atoms with E-state index in [1.54, 1.807) is 0 Å². The lowest BCUT2D eigenvalue weighted by molar-refractivity contribution is 0.0348. The molecule has 2 heteroatoms. The lowest BCUT2D eigenvalue weighted by Gasteiger charge is -2.26. The summed E-state index contributed by atoms with van der Waals surface area (Å²) in [4.78, 5) is 0. The fourth-order valence-corrected chi connectivity index (χ4v) is 2.09. The Morgan fingerprint density at radius 3 is 2.29 bits per heavy atom. The molecule has 0 amide bonds. The summed E-state index contributed by atoms with van der Waals surface area (Å²) in [7, 11) is 0. The third kappa shape index (κ3) is 4.49. The van der Waals surface area contributed by atoms with Crippen molar-refractivity contribution in [1.29, 1.82) is 0 Å². The van der Waals surface area contributed by atoms with E-state index in [9.17, 15) is 5.11 Å². The Hall–Kier alpha value is -0.860. The number of rotatable bonds is 6. The van der Waals surface area contributed by atoms with Crippen molar-refractivity contribution in [3.63, 3.8) is 0 Å². The topological polar surface area (TPSA) is 29.5 Å². The number of hydrogen-bond donors (Lipinski definition) is 1. The van der Waals surface area contributed by atoms with Crippen molar-refractivity contribution >= 4 is 0 Å². The van der Waals surface area contributed by atoms with E-state index in [0.717, 1.165) is 24.2 Å². The van der Waals surface area contributed by atoms with E-state index in [2.05, 4.69) is 13.8 Å². The first-order chi connectivity index (χ1) is 7.95. The van der Waals surface area contributed by atoms with Crippen molar-refractivity contribution in [3.05, 3.63) is 35.4 Å². The molecule has 2 nitrogen and oxygen atoms in total. The molecule has 0 radical (unpaired) electrons. The van der Waals surface area contributed by atoms with Gasteiger partial charge in [0, 0.05) is 6.61 Å². The lowest BCUT2D eigenvalue weighted by Crippen LogP contribution is -2.23. The summed E-state index contributed by atoms with van der Waals surface area (Å²) in [5.41, 5.74) is 1.39. The van der Waals surface area contributed by atoms with E-state index in [0.29, 0.717) is 12.5 Å². The Morgan fingerprint density at radius 1 is 1.24 bits per heavy atom. The molecular formula is C15H24O2. The van der Waals surface area contributed by atoms with Crippen LogP contribution in [0, 0.1) is 5.92 Å². The van der Waals surface area contributed by atoms with Gasteiger partial charge in [0.15, 0.2) is 0 Å². The highest BCUT2D eigenvalue weighted by molar-refractivity contribution is 5.26. The third-order valence-electron chi connectivity index (χ3n) is 2.85.